The summed E-state index contributed by atoms with van der Waals surface area (Å²) in [5.41, 5.74) is 1.98. The van der Waals surface area contributed by atoms with Crippen LogP contribution in [0.4, 0.5) is 5.69 Å². The summed E-state index contributed by atoms with van der Waals surface area (Å²) in [6, 6.07) is 6.11. The number of rotatable bonds is 10. The summed E-state index contributed by atoms with van der Waals surface area (Å²) in [5, 5.41) is 12.0. The number of nitrogens with zero attached hydrogens (tertiary/aromatic N) is 1. The molecule has 0 radical (unpaired) electrons. The fourth-order valence-electron chi connectivity index (χ4n) is 4.66. The number of benzene rings is 1. The Bertz CT molecular complexity index is 713. The summed E-state index contributed by atoms with van der Waals surface area (Å²) < 4.78 is 5.89. The minimum Gasteiger partial charge on any atom is -0.494 e. The molecule has 172 valence electrons. The lowest BCUT2D eigenvalue weighted by Crippen LogP contribution is -2.41. The Balaban J connectivity index is 1.47. The zero-order chi connectivity index (χ0) is 21.9. The Labute approximate surface area is 186 Å². The smallest absolute Gasteiger partial charge is 0.224 e. The van der Waals surface area contributed by atoms with Crippen LogP contribution in [0.15, 0.2) is 18.2 Å². The van der Waals surface area contributed by atoms with Crippen molar-refractivity contribution in [1.29, 1.82) is 0 Å². The van der Waals surface area contributed by atoms with Gasteiger partial charge >= 0.3 is 0 Å². The lowest BCUT2D eigenvalue weighted by molar-refractivity contribution is -0.134. The van der Waals surface area contributed by atoms with Crippen molar-refractivity contribution in [3.8, 4) is 5.75 Å². The lowest BCUT2D eigenvalue weighted by atomic mass is 9.95. The molecule has 6 nitrogen and oxygen atoms in total. The van der Waals surface area contributed by atoms with Crippen molar-refractivity contribution in [2.45, 2.75) is 89.5 Å². The Morgan fingerprint density at radius 3 is 2.61 bits per heavy atom. The number of ether oxygens (including phenoxy) is 1. The highest BCUT2D eigenvalue weighted by molar-refractivity contribution is 5.94. The zero-order valence-corrected chi connectivity index (χ0v) is 18.7. The van der Waals surface area contributed by atoms with Gasteiger partial charge in [0.15, 0.2) is 0 Å². The number of unbranched alkanes of at least 4 members (excludes halogenated alkanes) is 1. The third-order valence-electron chi connectivity index (χ3n) is 6.42. The van der Waals surface area contributed by atoms with Crippen molar-refractivity contribution >= 4 is 17.5 Å². The molecule has 1 aliphatic carbocycles. The van der Waals surface area contributed by atoms with Gasteiger partial charge in [-0.05, 0) is 62.3 Å². The van der Waals surface area contributed by atoms with E-state index in [1.165, 1.54) is 32.1 Å². The largest absolute Gasteiger partial charge is 0.494 e. The molecule has 2 aliphatic rings. The van der Waals surface area contributed by atoms with Gasteiger partial charge in [0, 0.05) is 37.7 Å². The first kappa shape index (κ1) is 23.6. The number of aliphatic hydroxyl groups is 1. The minimum absolute atomic E-state index is 0.0625. The van der Waals surface area contributed by atoms with Gasteiger partial charge in [0.2, 0.25) is 11.8 Å². The normalized spacial score (nSPS) is 17.3. The summed E-state index contributed by atoms with van der Waals surface area (Å²) in [6.45, 7) is 1.44. The van der Waals surface area contributed by atoms with Gasteiger partial charge in [-0.25, -0.2) is 0 Å². The number of fused-ring (bicyclic) bond motifs is 1. The predicted octanol–water partition coefficient (Wildman–Crippen LogP) is 4.44. The van der Waals surface area contributed by atoms with E-state index in [2.05, 4.69) is 10.2 Å². The summed E-state index contributed by atoms with van der Waals surface area (Å²) in [4.78, 5) is 26.6. The molecule has 2 N–H and O–H groups in total. The Morgan fingerprint density at radius 2 is 1.84 bits per heavy atom. The number of aliphatic hydroxyl groups excluding tert-OH is 1. The number of hydrogen-bond donors (Lipinski definition) is 2. The van der Waals surface area contributed by atoms with E-state index in [0.29, 0.717) is 31.9 Å². The van der Waals surface area contributed by atoms with Crippen molar-refractivity contribution < 1.29 is 19.4 Å². The SMILES string of the molecule is O=C1CCc2cc(OCCCC(=O)N(CCCCO)C3CCCCCCC3)ccc2N1. The molecule has 3 rings (SSSR count). The van der Waals surface area contributed by atoms with Crippen LogP contribution in [0.1, 0.15) is 82.6 Å². The van der Waals surface area contributed by atoms with Crippen LogP contribution >= 0.6 is 0 Å². The molecule has 0 saturated heterocycles. The summed E-state index contributed by atoms with van der Waals surface area (Å²) in [6.07, 6.45) is 12.5. The van der Waals surface area contributed by atoms with E-state index in [4.69, 9.17) is 9.84 Å². The summed E-state index contributed by atoms with van der Waals surface area (Å²) in [5.74, 6) is 1.08. The second-order valence-electron chi connectivity index (χ2n) is 8.84. The van der Waals surface area contributed by atoms with E-state index >= 15 is 0 Å². The van der Waals surface area contributed by atoms with Crippen molar-refractivity contribution in [2.75, 3.05) is 25.1 Å². The van der Waals surface area contributed by atoms with Crippen LogP contribution in [0, 0.1) is 0 Å². The van der Waals surface area contributed by atoms with Crippen LogP contribution in [-0.4, -0.2) is 47.6 Å². The van der Waals surface area contributed by atoms with Gasteiger partial charge in [0.05, 0.1) is 6.61 Å². The number of aryl methyl sites for hydroxylation is 1. The molecule has 1 aromatic rings. The maximum Gasteiger partial charge on any atom is 0.224 e. The van der Waals surface area contributed by atoms with Crippen LogP contribution < -0.4 is 10.1 Å². The Kier molecular flexibility index (Phi) is 9.66. The van der Waals surface area contributed by atoms with Crippen molar-refractivity contribution in [1.82, 2.24) is 4.90 Å². The van der Waals surface area contributed by atoms with Gasteiger partial charge in [0.1, 0.15) is 5.75 Å². The second kappa shape index (κ2) is 12.7. The lowest BCUT2D eigenvalue weighted by Gasteiger charge is -2.33. The van der Waals surface area contributed by atoms with Gasteiger partial charge in [-0.3, -0.25) is 9.59 Å². The molecular weight excluding hydrogens is 392 g/mol. The third-order valence-corrected chi connectivity index (χ3v) is 6.42. The molecule has 0 unspecified atom stereocenters. The van der Waals surface area contributed by atoms with Crippen molar-refractivity contribution in [3.63, 3.8) is 0 Å². The van der Waals surface area contributed by atoms with Crippen molar-refractivity contribution in [2.24, 2.45) is 0 Å². The van der Waals surface area contributed by atoms with E-state index in [1.807, 2.05) is 18.2 Å². The highest BCUT2D eigenvalue weighted by atomic mass is 16.5. The van der Waals surface area contributed by atoms with Gasteiger partial charge < -0.3 is 20.1 Å². The molecule has 0 bridgehead atoms. The number of hydrogen-bond acceptors (Lipinski definition) is 4. The molecule has 31 heavy (non-hydrogen) atoms. The number of nitrogens with one attached hydrogen (secondary N) is 1. The maximum atomic E-state index is 13.0. The molecule has 1 heterocycles. The fourth-order valence-corrected chi connectivity index (χ4v) is 4.66. The number of anilines is 1. The maximum absolute atomic E-state index is 13.0. The second-order valence-corrected chi connectivity index (χ2v) is 8.84. The first-order chi connectivity index (χ1) is 15.2. The standard InChI is InChI=1S/C25H38N2O4/c28-17-7-6-16-27(21-9-4-2-1-3-5-10-21)25(30)11-8-18-31-22-13-14-23-20(19-22)12-15-24(29)26-23/h13-14,19,21,28H,1-12,15-18H2,(H,26,29). The van der Waals surface area contributed by atoms with E-state index < -0.39 is 0 Å². The van der Waals surface area contributed by atoms with Crippen LogP contribution in [0.25, 0.3) is 0 Å². The molecule has 6 heteroatoms. The molecule has 1 aromatic carbocycles. The number of carbonyl (C=O) groups is 2. The van der Waals surface area contributed by atoms with Crippen LogP contribution in [0.5, 0.6) is 5.75 Å². The molecule has 0 spiro atoms. The van der Waals surface area contributed by atoms with Gasteiger partial charge in [-0.15, -0.1) is 0 Å². The summed E-state index contributed by atoms with van der Waals surface area (Å²) >= 11 is 0. The van der Waals surface area contributed by atoms with E-state index in [9.17, 15) is 9.59 Å². The van der Waals surface area contributed by atoms with Crippen molar-refractivity contribution in [3.05, 3.63) is 23.8 Å². The molecular formula is C25H38N2O4. The Hall–Kier alpha value is -2.08. The third kappa shape index (κ3) is 7.53. The minimum atomic E-state index is 0.0625. The quantitative estimate of drug-likeness (QED) is 0.538. The summed E-state index contributed by atoms with van der Waals surface area (Å²) in [7, 11) is 0. The topological polar surface area (TPSA) is 78.9 Å². The molecule has 1 saturated carbocycles. The average molecular weight is 431 g/mol. The molecule has 0 aromatic heterocycles. The number of carbonyl (C=O) groups excluding carboxylic acids is 2. The predicted molar refractivity (Wildman–Crippen MR) is 122 cm³/mol. The Morgan fingerprint density at radius 1 is 1.06 bits per heavy atom. The zero-order valence-electron chi connectivity index (χ0n) is 18.7. The highest BCUT2D eigenvalue weighted by Crippen LogP contribution is 2.27. The van der Waals surface area contributed by atoms with E-state index in [1.54, 1.807) is 0 Å². The van der Waals surface area contributed by atoms with Gasteiger partial charge in [-0.1, -0.05) is 32.1 Å². The van der Waals surface area contributed by atoms with E-state index in [-0.39, 0.29) is 18.4 Å². The first-order valence-corrected chi connectivity index (χ1v) is 12.1. The highest BCUT2D eigenvalue weighted by Gasteiger charge is 2.23. The molecule has 2 amide bonds. The van der Waals surface area contributed by atoms with Crippen LogP contribution in [0.3, 0.4) is 0 Å². The molecule has 1 aliphatic heterocycles. The van der Waals surface area contributed by atoms with Gasteiger partial charge in [0.25, 0.3) is 0 Å². The average Bonchev–Trinajstić information content (AvgIpc) is 2.75. The van der Waals surface area contributed by atoms with E-state index in [0.717, 1.165) is 55.6 Å². The van der Waals surface area contributed by atoms with Crippen LogP contribution in [-0.2, 0) is 16.0 Å². The van der Waals surface area contributed by atoms with Gasteiger partial charge in [-0.2, -0.15) is 0 Å². The first-order valence-electron chi connectivity index (χ1n) is 12.1. The van der Waals surface area contributed by atoms with Crippen LogP contribution in [0.2, 0.25) is 0 Å². The fraction of sp³-hybridized carbons (Fsp3) is 0.680. The number of amides is 2. The monoisotopic (exact) mass is 430 g/mol. The molecule has 1 fully saturated rings. The molecule has 0 atom stereocenters.